The fourth-order valence-corrected chi connectivity index (χ4v) is 3.05. The normalized spacial score (nSPS) is 19.6. The molecule has 0 amide bonds. The Hall–Kier alpha value is -0.960. The van der Waals surface area contributed by atoms with E-state index in [1.54, 1.807) is 7.05 Å². The number of hydrogen-bond donors (Lipinski definition) is 1. The maximum atomic E-state index is 11.9. The van der Waals surface area contributed by atoms with E-state index in [1.165, 1.54) is 17.1 Å². The molecule has 1 fully saturated rings. The number of rotatable bonds is 8. The van der Waals surface area contributed by atoms with Gasteiger partial charge in [0.2, 0.25) is 10.0 Å². The van der Waals surface area contributed by atoms with Crippen molar-refractivity contribution in [3.63, 3.8) is 0 Å². The molecule has 2 heterocycles. The van der Waals surface area contributed by atoms with Gasteiger partial charge in [0.05, 0.1) is 18.9 Å². The number of nitrogens with one attached hydrogen (secondary N) is 1. The first-order valence-electron chi connectivity index (χ1n) is 6.75. The predicted molar refractivity (Wildman–Crippen MR) is 72.8 cm³/mol. The molecule has 0 unspecified atom stereocenters. The predicted octanol–water partition coefficient (Wildman–Crippen LogP) is 0.284. The minimum absolute atomic E-state index is 0.181. The standard InChI is InChI=1S/C12H21N3O4S/c1-15-9-12(8-13-15)20(16,17)14-5-3-6-18-10-11-4-2-7-19-11/h8-9,11,14H,2-7,10H2,1H3/t11-/m1/s1. The molecule has 0 aliphatic carbocycles. The van der Waals surface area contributed by atoms with Crippen LogP contribution in [0.25, 0.3) is 0 Å². The number of aryl methyl sites for hydroxylation is 1. The second kappa shape index (κ2) is 7.16. The second-order valence-electron chi connectivity index (χ2n) is 4.81. The SMILES string of the molecule is Cn1cc(S(=O)(=O)NCCCOC[C@H]2CCCO2)cn1. The summed E-state index contributed by atoms with van der Waals surface area (Å²) in [6.45, 7) is 2.28. The Kier molecular flexibility index (Phi) is 5.53. The van der Waals surface area contributed by atoms with E-state index < -0.39 is 10.0 Å². The van der Waals surface area contributed by atoms with Crippen LogP contribution in [0.2, 0.25) is 0 Å². The Morgan fingerprint density at radius 3 is 3.10 bits per heavy atom. The molecule has 1 aromatic rings. The summed E-state index contributed by atoms with van der Waals surface area (Å²) in [7, 11) is -1.78. The van der Waals surface area contributed by atoms with Crippen molar-refractivity contribution in [3.05, 3.63) is 12.4 Å². The number of aromatic nitrogens is 2. The van der Waals surface area contributed by atoms with E-state index in [4.69, 9.17) is 9.47 Å². The van der Waals surface area contributed by atoms with Crippen LogP contribution in [0.5, 0.6) is 0 Å². The Balaban J connectivity index is 1.60. The van der Waals surface area contributed by atoms with Crippen LogP contribution in [0.15, 0.2) is 17.3 Å². The van der Waals surface area contributed by atoms with Crippen molar-refractivity contribution in [2.24, 2.45) is 7.05 Å². The van der Waals surface area contributed by atoms with Gasteiger partial charge in [-0.1, -0.05) is 0 Å². The Labute approximate surface area is 119 Å². The topological polar surface area (TPSA) is 82.5 Å². The largest absolute Gasteiger partial charge is 0.379 e. The lowest BCUT2D eigenvalue weighted by Gasteiger charge is -2.10. The molecular formula is C12H21N3O4S. The summed E-state index contributed by atoms with van der Waals surface area (Å²) in [5, 5.41) is 3.84. The third-order valence-electron chi connectivity index (χ3n) is 3.08. The van der Waals surface area contributed by atoms with Gasteiger partial charge in [-0.25, -0.2) is 13.1 Å². The highest BCUT2D eigenvalue weighted by atomic mass is 32.2. The molecule has 20 heavy (non-hydrogen) atoms. The molecule has 0 aromatic carbocycles. The molecule has 1 aromatic heterocycles. The fraction of sp³-hybridized carbons (Fsp3) is 0.750. The first-order chi connectivity index (χ1) is 9.58. The molecule has 1 aliphatic heterocycles. The smallest absolute Gasteiger partial charge is 0.243 e. The summed E-state index contributed by atoms with van der Waals surface area (Å²) in [5.74, 6) is 0. The molecule has 0 spiro atoms. The first kappa shape index (κ1) is 15.4. The van der Waals surface area contributed by atoms with Gasteiger partial charge < -0.3 is 9.47 Å². The highest BCUT2D eigenvalue weighted by molar-refractivity contribution is 7.89. The van der Waals surface area contributed by atoms with Crippen LogP contribution >= 0.6 is 0 Å². The van der Waals surface area contributed by atoms with Crippen molar-refractivity contribution in [2.75, 3.05) is 26.4 Å². The molecule has 0 radical (unpaired) electrons. The quantitative estimate of drug-likeness (QED) is 0.698. The van der Waals surface area contributed by atoms with Gasteiger partial charge in [-0.15, -0.1) is 0 Å². The van der Waals surface area contributed by atoms with Crippen LogP contribution < -0.4 is 4.72 Å². The van der Waals surface area contributed by atoms with Crippen molar-refractivity contribution in [2.45, 2.75) is 30.3 Å². The van der Waals surface area contributed by atoms with Crippen molar-refractivity contribution >= 4 is 10.0 Å². The van der Waals surface area contributed by atoms with Crippen molar-refractivity contribution < 1.29 is 17.9 Å². The number of nitrogens with zero attached hydrogens (tertiary/aromatic N) is 2. The Morgan fingerprint density at radius 1 is 1.60 bits per heavy atom. The third-order valence-corrected chi connectivity index (χ3v) is 4.49. The van der Waals surface area contributed by atoms with Gasteiger partial charge >= 0.3 is 0 Å². The van der Waals surface area contributed by atoms with Gasteiger partial charge in [0, 0.05) is 33.0 Å². The Morgan fingerprint density at radius 2 is 2.45 bits per heavy atom. The zero-order chi connectivity index (χ0) is 14.4. The highest BCUT2D eigenvalue weighted by Gasteiger charge is 2.16. The monoisotopic (exact) mass is 303 g/mol. The molecule has 1 N–H and O–H groups in total. The molecule has 1 atom stereocenters. The van der Waals surface area contributed by atoms with Crippen molar-refractivity contribution in [1.82, 2.24) is 14.5 Å². The molecule has 1 saturated heterocycles. The van der Waals surface area contributed by atoms with Crippen molar-refractivity contribution in [1.29, 1.82) is 0 Å². The molecule has 1 aliphatic rings. The van der Waals surface area contributed by atoms with E-state index in [2.05, 4.69) is 9.82 Å². The van der Waals surface area contributed by atoms with Gasteiger partial charge in [0.15, 0.2) is 0 Å². The number of sulfonamides is 1. The average molecular weight is 303 g/mol. The lowest BCUT2D eigenvalue weighted by molar-refractivity contribution is 0.0169. The maximum absolute atomic E-state index is 11.9. The van der Waals surface area contributed by atoms with E-state index >= 15 is 0 Å². The second-order valence-corrected chi connectivity index (χ2v) is 6.58. The van der Waals surface area contributed by atoms with Crippen LogP contribution in [0.1, 0.15) is 19.3 Å². The Bertz CT molecular complexity index is 509. The summed E-state index contributed by atoms with van der Waals surface area (Å²) in [6, 6.07) is 0. The minimum atomic E-state index is -3.46. The molecule has 7 nitrogen and oxygen atoms in total. The minimum Gasteiger partial charge on any atom is -0.379 e. The van der Waals surface area contributed by atoms with Crippen LogP contribution in [-0.4, -0.2) is 50.7 Å². The van der Waals surface area contributed by atoms with Gasteiger partial charge in [-0.2, -0.15) is 5.10 Å². The van der Waals surface area contributed by atoms with Gasteiger partial charge in [-0.05, 0) is 19.3 Å². The van der Waals surface area contributed by atoms with E-state index in [0.717, 1.165) is 19.4 Å². The van der Waals surface area contributed by atoms with Crippen LogP contribution in [0.3, 0.4) is 0 Å². The van der Waals surface area contributed by atoms with Crippen LogP contribution in [0.4, 0.5) is 0 Å². The van der Waals surface area contributed by atoms with Gasteiger partial charge in [-0.3, -0.25) is 4.68 Å². The summed E-state index contributed by atoms with van der Waals surface area (Å²) in [5.41, 5.74) is 0. The van der Waals surface area contributed by atoms with E-state index in [0.29, 0.717) is 26.2 Å². The molecule has 0 bridgehead atoms. The van der Waals surface area contributed by atoms with Crippen LogP contribution in [-0.2, 0) is 26.5 Å². The van der Waals surface area contributed by atoms with E-state index in [9.17, 15) is 8.42 Å². The van der Waals surface area contributed by atoms with E-state index in [1.807, 2.05) is 0 Å². The maximum Gasteiger partial charge on any atom is 0.243 e. The van der Waals surface area contributed by atoms with Crippen molar-refractivity contribution in [3.8, 4) is 0 Å². The third kappa shape index (κ3) is 4.55. The summed E-state index contributed by atoms with van der Waals surface area (Å²) < 4.78 is 38.6. The summed E-state index contributed by atoms with van der Waals surface area (Å²) >= 11 is 0. The van der Waals surface area contributed by atoms with Crippen LogP contribution in [0, 0.1) is 0 Å². The zero-order valence-electron chi connectivity index (χ0n) is 11.6. The van der Waals surface area contributed by atoms with E-state index in [-0.39, 0.29) is 11.0 Å². The lowest BCUT2D eigenvalue weighted by Crippen LogP contribution is -2.25. The number of ether oxygens (including phenoxy) is 2. The number of hydrogen-bond acceptors (Lipinski definition) is 5. The molecule has 0 saturated carbocycles. The average Bonchev–Trinajstić information content (AvgIpc) is 3.05. The summed E-state index contributed by atoms with van der Waals surface area (Å²) in [6.07, 6.45) is 5.78. The fourth-order valence-electron chi connectivity index (χ4n) is 1.99. The molecule has 8 heteroatoms. The van der Waals surface area contributed by atoms with Gasteiger partial charge in [0.1, 0.15) is 4.90 Å². The molecule has 114 valence electrons. The lowest BCUT2D eigenvalue weighted by atomic mass is 10.2. The molecular weight excluding hydrogens is 282 g/mol. The molecule has 2 rings (SSSR count). The zero-order valence-corrected chi connectivity index (χ0v) is 12.4. The highest BCUT2D eigenvalue weighted by Crippen LogP contribution is 2.11. The first-order valence-corrected chi connectivity index (χ1v) is 8.24. The summed E-state index contributed by atoms with van der Waals surface area (Å²) in [4.78, 5) is 0.181. The van der Waals surface area contributed by atoms with Gasteiger partial charge in [0.25, 0.3) is 0 Å².